The van der Waals surface area contributed by atoms with Crippen LogP contribution < -0.4 is 8.92 Å². The van der Waals surface area contributed by atoms with Crippen LogP contribution >= 0.6 is 0 Å². The fourth-order valence-corrected chi connectivity index (χ4v) is 4.49. The van der Waals surface area contributed by atoms with Gasteiger partial charge in [0.15, 0.2) is 11.5 Å². The van der Waals surface area contributed by atoms with Gasteiger partial charge < -0.3 is 13.8 Å². The molecule has 0 aliphatic heterocycles. The molecule has 0 saturated heterocycles. The summed E-state index contributed by atoms with van der Waals surface area (Å²) >= 11 is 0. The first kappa shape index (κ1) is 28.0. The molecule has 6 nitrogen and oxygen atoms in total. The molecule has 0 N–H and O–H groups in total. The lowest BCUT2D eigenvalue weighted by atomic mass is 10.1. The third-order valence-electron chi connectivity index (χ3n) is 5.69. The molecule has 0 aliphatic rings. The zero-order chi connectivity index (χ0) is 27.4. The topological polar surface area (TPSA) is 72.9 Å². The Morgan fingerprint density at radius 3 is 2.32 bits per heavy atom. The molecule has 3 aromatic rings. The van der Waals surface area contributed by atoms with Crippen molar-refractivity contribution < 1.29 is 39.7 Å². The van der Waals surface area contributed by atoms with Crippen LogP contribution in [0.2, 0.25) is 0 Å². The van der Waals surface area contributed by atoms with E-state index in [1.165, 1.54) is 42.3 Å². The summed E-state index contributed by atoms with van der Waals surface area (Å²) in [5, 5.41) is 0. The molecule has 0 aliphatic carbocycles. The molecular formula is C26H25F4NO5S. The second-order valence-corrected chi connectivity index (χ2v) is 9.80. The molecule has 1 atom stereocenters. The van der Waals surface area contributed by atoms with E-state index in [9.17, 15) is 30.8 Å². The summed E-state index contributed by atoms with van der Waals surface area (Å²) in [6.45, 7) is 3.71. The summed E-state index contributed by atoms with van der Waals surface area (Å²) in [5.74, 6) is -1.23. The average molecular weight is 540 g/mol. The van der Waals surface area contributed by atoms with Gasteiger partial charge in [-0.15, -0.1) is 0 Å². The molecule has 3 aromatic carbocycles. The van der Waals surface area contributed by atoms with Crippen molar-refractivity contribution in [2.24, 2.45) is 0 Å². The van der Waals surface area contributed by atoms with Crippen LogP contribution in [0.3, 0.4) is 0 Å². The van der Waals surface area contributed by atoms with Crippen molar-refractivity contribution in [2.45, 2.75) is 43.9 Å². The zero-order valence-electron chi connectivity index (χ0n) is 20.3. The van der Waals surface area contributed by atoms with Gasteiger partial charge >= 0.3 is 16.3 Å². The highest BCUT2D eigenvalue weighted by molar-refractivity contribution is 7.87. The van der Waals surface area contributed by atoms with Gasteiger partial charge in [-0.25, -0.2) is 4.39 Å². The smallest absolute Gasteiger partial charge is 0.416 e. The van der Waals surface area contributed by atoms with Crippen LogP contribution in [-0.4, -0.2) is 32.4 Å². The summed E-state index contributed by atoms with van der Waals surface area (Å²) in [5.41, 5.74) is -0.532. The van der Waals surface area contributed by atoms with Gasteiger partial charge in [0.1, 0.15) is 10.7 Å². The number of ether oxygens (including phenoxy) is 1. The number of amides is 1. The number of carbonyl (C=O) groups excluding carboxylic acids is 1. The van der Waals surface area contributed by atoms with Gasteiger partial charge in [0.25, 0.3) is 5.91 Å². The second-order valence-electron chi connectivity index (χ2n) is 8.25. The maximum atomic E-state index is 13.7. The molecule has 0 aromatic heterocycles. The van der Waals surface area contributed by atoms with Gasteiger partial charge in [-0.3, -0.25) is 4.79 Å². The normalized spacial score (nSPS) is 12.6. The molecule has 0 radical (unpaired) electrons. The Morgan fingerprint density at radius 2 is 1.70 bits per heavy atom. The largest absolute Gasteiger partial charge is 0.493 e. The van der Waals surface area contributed by atoms with E-state index >= 15 is 0 Å². The van der Waals surface area contributed by atoms with E-state index in [1.54, 1.807) is 6.07 Å². The first-order chi connectivity index (χ1) is 17.4. The highest BCUT2D eigenvalue weighted by Crippen LogP contribution is 2.34. The van der Waals surface area contributed by atoms with Gasteiger partial charge in [0, 0.05) is 18.2 Å². The molecule has 0 bridgehead atoms. The fraction of sp³-hybridized carbons (Fsp3) is 0.269. The number of rotatable bonds is 9. The van der Waals surface area contributed by atoms with Crippen molar-refractivity contribution in [1.82, 2.24) is 4.90 Å². The van der Waals surface area contributed by atoms with E-state index in [1.807, 2.05) is 13.8 Å². The third kappa shape index (κ3) is 6.79. The van der Waals surface area contributed by atoms with Crippen molar-refractivity contribution in [2.75, 3.05) is 7.11 Å². The van der Waals surface area contributed by atoms with Crippen molar-refractivity contribution in [3.63, 3.8) is 0 Å². The van der Waals surface area contributed by atoms with E-state index in [2.05, 4.69) is 0 Å². The van der Waals surface area contributed by atoms with E-state index < -0.39 is 38.5 Å². The summed E-state index contributed by atoms with van der Waals surface area (Å²) in [4.78, 5) is 14.0. The maximum Gasteiger partial charge on any atom is 0.416 e. The number of hydrogen-bond acceptors (Lipinski definition) is 5. The minimum atomic E-state index is -4.74. The van der Waals surface area contributed by atoms with Crippen molar-refractivity contribution in [1.29, 1.82) is 0 Å². The van der Waals surface area contributed by atoms with Gasteiger partial charge in [-0.05, 0) is 67.4 Å². The highest BCUT2D eigenvalue weighted by Gasteiger charge is 2.32. The molecule has 3 rings (SSSR count). The molecular weight excluding hydrogens is 514 g/mol. The van der Waals surface area contributed by atoms with Crippen LogP contribution in [-0.2, 0) is 22.8 Å². The Kier molecular flexibility index (Phi) is 8.47. The minimum Gasteiger partial charge on any atom is -0.493 e. The van der Waals surface area contributed by atoms with Crippen LogP contribution in [0.4, 0.5) is 17.6 Å². The van der Waals surface area contributed by atoms with Crippen molar-refractivity contribution >= 4 is 16.0 Å². The Hall–Kier alpha value is -3.60. The van der Waals surface area contributed by atoms with E-state index in [0.717, 1.165) is 24.3 Å². The summed E-state index contributed by atoms with van der Waals surface area (Å²) in [7, 11) is -3.39. The quantitative estimate of drug-likeness (QED) is 0.244. The lowest BCUT2D eigenvalue weighted by molar-refractivity contribution is -0.137. The minimum absolute atomic E-state index is 0.0193. The summed E-state index contributed by atoms with van der Waals surface area (Å²) in [6, 6.07) is 12.6. The SMILES string of the molecule is CC[C@@H](C)N(Cc1ccc(OC)c(OS(=O)(=O)c2cccc(C(F)(F)F)c2)c1)C(=O)c1cccc(F)c1. The Morgan fingerprint density at radius 1 is 1.00 bits per heavy atom. The Labute approximate surface area is 212 Å². The second kappa shape index (κ2) is 11.2. The van der Waals surface area contributed by atoms with Crippen LogP contribution in [0.5, 0.6) is 11.5 Å². The van der Waals surface area contributed by atoms with Crippen LogP contribution in [0.25, 0.3) is 0 Å². The molecule has 37 heavy (non-hydrogen) atoms. The predicted molar refractivity (Wildman–Crippen MR) is 128 cm³/mol. The van der Waals surface area contributed by atoms with Crippen LogP contribution in [0.1, 0.15) is 41.8 Å². The van der Waals surface area contributed by atoms with Crippen molar-refractivity contribution in [3.8, 4) is 11.5 Å². The Balaban J connectivity index is 1.94. The average Bonchev–Trinajstić information content (AvgIpc) is 2.86. The van der Waals surface area contributed by atoms with E-state index in [-0.39, 0.29) is 29.6 Å². The molecule has 0 spiro atoms. The number of carbonyl (C=O) groups is 1. The number of halogens is 4. The molecule has 0 saturated carbocycles. The maximum absolute atomic E-state index is 13.7. The highest BCUT2D eigenvalue weighted by atomic mass is 32.2. The summed E-state index contributed by atoms with van der Waals surface area (Å²) in [6.07, 6.45) is -4.15. The lowest BCUT2D eigenvalue weighted by Crippen LogP contribution is -2.37. The number of methoxy groups -OCH3 is 1. The predicted octanol–water partition coefficient (Wildman–Crippen LogP) is 6.06. The number of hydrogen-bond donors (Lipinski definition) is 0. The van der Waals surface area contributed by atoms with Gasteiger partial charge in [-0.1, -0.05) is 25.1 Å². The molecule has 198 valence electrons. The molecule has 0 heterocycles. The standard InChI is InChI=1S/C26H25F4NO5S/c1-4-17(2)31(25(32)19-7-5-9-21(27)14-19)16-18-11-12-23(35-3)24(13-18)36-37(33,34)22-10-6-8-20(15-22)26(28,29)30/h5-15,17H,4,16H2,1-3H3/t17-/m1/s1. The van der Waals surface area contributed by atoms with Crippen molar-refractivity contribution in [3.05, 3.63) is 89.2 Å². The number of benzene rings is 3. The first-order valence-corrected chi connectivity index (χ1v) is 12.6. The van der Waals surface area contributed by atoms with E-state index in [4.69, 9.17) is 8.92 Å². The third-order valence-corrected chi connectivity index (χ3v) is 6.92. The monoisotopic (exact) mass is 539 g/mol. The van der Waals surface area contributed by atoms with Crippen LogP contribution in [0, 0.1) is 5.82 Å². The molecule has 0 unspecified atom stereocenters. The van der Waals surface area contributed by atoms with E-state index in [0.29, 0.717) is 18.1 Å². The first-order valence-electron chi connectivity index (χ1n) is 11.2. The lowest BCUT2D eigenvalue weighted by Gasteiger charge is -2.29. The summed E-state index contributed by atoms with van der Waals surface area (Å²) < 4.78 is 88.9. The van der Waals surface area contributed by atoms with Gasteiger partial charge in [0.2, 0.25) is 0 Å². The molecule has 11 heteroatoms. The van der Waals surface area contributed by atoms with Gasteiger partial charge in [-0.2, -0.15) is 21.6 Å². The molecule has 1 amide bonds. The van der Waals surface area contributed by atoms with Crippen LogP contribution in [0.15, 0.2) is 71.6 Å². The fourth-order valence-electron chi connectivity index (χ4n) is 3.51. The zero-order valence-corrected chi connectivity index (χ0v) is 21.1. The van der Waals surface area contributed by atoms with Gasteiger partial charge in [0.05, 0.1) is 12.7 Å². The number of alkyl halides is 3. The Bertz CT molecular complexity index is 1380. The number of nitrogens with zero attached hydrogens (tertiary/aromatic N) is 1. The molecule has 0 fully saturated rings.